The average molecular weight is 506 g/mol. The number of anilines is 2. The van der Waals surface area contributed by atoms with Crippen molar-refractivity contribution < 1.29 is 14.3 Å². The molecule has 2 heterocycles. The van der Waals surface area contributed by atoms with Crippen molar-refractivity contribution in [3.05, 3.63) is 95.9 Å². The molecule has 0 spiro atoms. The summed E-state index contributed by atoms with van der Waals surface area (Å²) in [6.45, 7) is 1.86. The molecule has 190 valence electrons. The fraction of sp³-hybridized carbons (Fsp3) is 0.167. The molecule has 8 heteroatoms. The van der Waals surface area contributed by atoms with Crippen LogP contribution in [0.1, 0.15) is 30.2 Å². The quantitative estimate of drug-likeness (QED) is 0.289. The summed E-state index contributed by atoms with van der Waals surface area (Å²) in [5.41, 5.74) is 13.3. The Morgan fingerprint density at radius 2 is 1.79 bits per heavy atom. The van der Waals surface area contributed by atoms with Gasteiger partial charge in [-0.3, -0.25) is 4.79 Å². The Bertz CT molecular complexity index is 1640. The third-order valence-corrected chi connectivity index (χ3v) is 6.61. The lowest BCUT2D eigenvalue weighted by atomic mass is 10.2. The Morgan fingerprint density at radius 3 is 2.63 bits per heavy atom. The normalized spacial score (nSPS) is 12.3. The SMILES string of the molecule is CC(=O)Nc1cccc(COc2cccc(Oc3ccc(-n4c5c(c6ncnc(N)c64)CCC5)cc3)c2)c1. The fourth-order valence-electron chi connectivity index (χ4n) is 5.02. The lowest BCUT2D eigenvalue weighted by molar-refractivity contribution is -0.114. The van der Waals surface area contributed by atoms with E-state index in [4.69, 9.17) is 15.2 Å². The van der Waals surface area contributed by atoms with E-state index in [1.807, 2.05) is 72.8 Å². The summed E-state index contributed by atoms with van der Waals surface area (Å²) in [6.07, 6.45) is 4.66. The summed E-state index contributed by atoms with van der Waals surface area (Å²) in [7, 11) is 0. The Balaban J connectivity index is 1.18. The van der Waals surface area contributed by atoms with Crippen LogP contribution in [-0.2, 0) is 24.2 Å². The van der Waals surface area contributed by atoms with Crippen LogP contribution in [0.15, 0.2) is 79.1 Å². The molecule has 0 saturated carbocycles. The zero-order valence-corrected chi connectivity index (χ0v) is 21.0. The number of aromatic nitrogens is 3. The van der Waals surface area contributed by atoms with Gasteiger partial charge in [0.2, 0.25) is 5.91 Å². The molecule has 38 heavy (non-hydrogen) atoms. The highest BCUT2D eigenvalue weighted by Gasteiger charge is 2.25. The Morgan fingerprint density at radius 1 is 0.974 bits per heavy atom. The minimum absolute atomic E-state index is 0.107. The first-order chi connectivity index (χ1) is 18.5. The number of ether oxygens (including phenoxy) is 2. The predicted molar refractivity (Wildman–Crippen MR) is 147 cm³/mol. The van der Waals surface area contributed by atoms with Gasteiger partial charge in [-0.05, 0) is 78.9 Å². The number of benzene rings is 3. The first-order valence-corrected chi connectivity index (χ1v) is 12.6. The van der Waals surface area contributed by atoms with E-state index in [1.165, 1.54) is 24.5 Å². The van der Waals surface area contributed by atoms with Crippen molar-refractivity contribution in [2.45, 2.75) is 32.8 Å². The van der Waals surface area contributed by atoms with Gasteiger partial charge < -0.3 is 25.1 Å². The number of nitrogens with one attached hydrogen (secondary N) is 1. The molecule has 0 saturated heterocycles. The maximum absolute atomic E-state index is 11.3. The minimum atomic E-state index is -0.107. The van der Waals surface area contributed by atoms with Crippen LogP contribution in [-0.4, -0.2) is 20.4 Å². The zero-order chi connectivity index (χ0) is 26.1. The maximum Gasteiger partial charge on any atom is 0.221 e. The number of carbonyl (C=O) groups excluding carboxylic acids is 1. The summed E-state index contributed by atoms with van der Waals surface area (Å²) in [5.74, 6) is 2.46. The largest absolute Gasteiger partial charge is 0.489 e. The third kappa shape index (κ3) is 4.64. The second-order valence-electron chi connectivity index (χ2n) is 9.31. The van der Waals surface area contributed by atoms with Gasteiger partial charge in [-0.15, -0.1) is 0 Å². The lowest BCUT2D eigenvalue weighted by Gasteiger charge is -2.13. The summed E-state index contributed by atoms with van der Waals surface area (Å²) >= 11 is 0. The molecule has 1 aliphatic carbocycles. The van der Waals surface area contributed by atoms with Crippen LogP contribution in [0, 0.1) is 0 Å². The summed E-state index contributed by atoms with van der Waals surface area (Å²) in [5, 5.41) is 2.79. The minimum Gasteiger partial charge on any atom is -0.489 e. The van der Waals surface area contributed by atoms with E-state index in [0.717, 1.165) is 47.2 Å². The molecule has 5 aromatic rings. The van der Waals surface area contributed by atoms with Crippen molar-refractivity contribution in [3.8, 4) is 22.9 Å². The number of rotatable bonds is 7. The highest BCUT2D eigenvalue weighted by Crippen LogP contribution is 2.36. The van der Waals surface area contributed by atoms with E-state index in [1.54, 1.807) is 0 Å². The monoisotopic (exact) mass is 505 g/mol. The van der Waals surface area contributed by atoms with Crippen molar-refractivity contribution in [2.24, 2.45) is 0 Å². The number of nitrogens with zero attached hydrogens (tertiary/aromatic N) is 3. The van der Waals surface area contributed by atoms with Gasteiger partial charge in [0.1, 0.15) is 35.7 Å². The van der Waals surface area contributed by atoms with Gasteiger partial charge in [-0.2, -0.15) is 0 Å². The van der Waals surface area contributed by atoms with Gasteiger partial charge in [0.05, 0.1) is 5.52 Å². The molecule has 8 nitrogen and oxygen atoms in total. The molecule has 0 aliphatic heterocycles. The summed E-state index contributed by atoms with van der Waals surface area (Å²) < 4.78 is 14.3. The van der Waals surface area contributed by atoms with Crippen LogP contribution in [0.2, 0.25) is 0 Å². The highest BCUT2D eigenvalue weighted by molar-refractivity contribution is 5.91. The van der Waals surface area contributed by atoms with Gasteiger partial charge >= 0.3 is 0 Å². The van der Waals surface area contributed by atoms with Gasteiger partial charge in [0.15, 0.2) is 5.82 Å². The van der Waals surface area contributed by atoms with Crippen LogP contribution in [0.4, 0.5) is 11.5 Å². The summed E-state index contributed by atoms with van der Waals surface area (Å²) in [4.78, 5) is 20.1. The number of nitrogen functional groups attached to an aromatic ring is 1. The number of hydrogen-bond acceptors (Lipinski definition) is 6. The molecule has 0 unspecified atom stereocenters. The second-order valence-corrected chi connectivity index (χ2v) is 9.31. The fourth-order valence-corrected chi connectivity index (χ4v) is 5.02. The topological polar surface area (TPSA) is 104 Å². The van der Waals surface area contributed by atoms with Crippen molar-refractivity contribution in [3.63, 3.8) is 0 Å². The molecule has 1 aliphatic rings. The Kier molecular flexibility index (Phi) is 6.13. The van der Waals surface area contributed by atoms with Crippen LogP contribution >= 0.6 is 0 Å². The third-order valence-electron chi connectivity index (χ3n) is 6.61. The predicted octanol–water partition coefficient (Wildman–Crippen LogP) is 5.82. The molecule has 0 radical (unpaired) electrons. The number of hydrogen-bond donors (Lipinski definition) is 2. The van der Waals surface area contributed by atoms with Gasteiger partial charge in [0, 0.05) is 30.1 Å². The number of amides is 1. The van der Waals surface area contributed by atoms with Crippen molar-refractivity contribution in [1.29, 1.82) is 0 Å². The average Bonchev–Trinajstić information content (AvgIpc) is 3.50. The van der Waals surface area contributed by atoms with Gasteiger partial charge in [0.25, 0.3) is 0 Å². The van der Waals surface area contributed by atoms with E-state index >= 15 is 0 Å². The van der Waals surface area contributed by atoms with Crippen LogP contribution < -0.4 is 20.5 Å². The van der Waals surface area contributed by atoms with Crippen molar-refractivity contribution in [2.75, 3.05) is 11.1 Å². The molecule has 0 atom stereocenters. The van der Waals surface area contributed by atoms with Crippen LogP contribution in [0.25, 0.3) is 16.7 Å². The summed E-state index contributed by atoms with van der Waals surface area (Å²) in [6, 6.07) is 23.1. The molecule has 2 aromatic heterocycles. The molecular formula is C30H27N5O3. The van der Waals surface area contributed by atoms with E-state index in [9.17, 15) is 4.79 Å². The van der Waals surface area contributed by atoms with E-state index < -0.39 is 0 Å². The second kappa shape index (κ2) is 9.89. The standard InChI is InChI=1S/C30H27N5O3/c1-19(36)34-21-6-2-5-20(15-21)17-37-24-7-3-8-25(16-24)38-23-13-11-22(12-14-23)35-27-10-4-9-26(27)28-29(35)30(31)33-18-32-28/h2-3,5-8,11-16,18H,4,9-10,17H2,1H3,(H,34,36)(H2,31,32,33). The molecule has 3 aromatic carbocycles. The Labute approximate surface area is 220 Å². The van der Waals surface area contributed by atoms with E-state index in [0.29, 0.717) is 29.7 Å². The number of fused-ring (bicyclic) bond motifs is 3. The molecular weight excluding hydrogens is 478 g/mol. The van der Waals surface area contributed by atoms with Crippen LogP contribution in [0.3, 0.4) is 0 Å². The highest BCUT2D eigenvalue weighted by atomic mass is 16.5. The van der Waals surface area contributed by atoms with Gasteiger partial charge in [-0.1, -0.05) is 18.2 Å². The first kappa shape index (κ1) is 23.5. The zero-order valence-electron chi connectivity index (χ0n) is 21.0. The Hall–Kier alpha value is -4.85. The van der Waals surface area contributed by atoms with E-state index in [2.05, 4.69) is 19.9 Å². The van der Waals surface area contributed by atoms with E-state index in [-0.39, 0.29) is 5.91 Å². The molecule has 1 amide bonds. The maximum atomic E-state index is 11.3. The number of aryl methyl sites for hydroxylation is 1. The van der Waals surface area contributed by atoms with Crippen molar-refractivity contribution in [1.82, 2.24) is 14.5 Å². The smallest absolute Gasteiger partial charge is 0.221 e. The van der Waals surface area contributed by atoms with Gasteiger partial charge in [-0.25, -0.2) is 9.97 Å². The number of carbonyl (C=O) groups is 1. The lowest BCUT2D eigenvalue weighted by Crippen LogP contribution is -2.06. The van der Waals surface area contributed by atoms with Crippen LogP contribution in [0.5, 0.6) is 17.2 Å². The number of nitrogens with two attached hydrogens (primary N) is 1. The molecule has 0 bridgehead atoms. The molecule has 6 rings (SSSR count). The molecule has 0 fully saturated rings. The first-order valence-electron chi connectivity index (χ1n) is 12.6. The molecule has 3 N–H and O–H groups in total. The van der Waals surface area contributed by atoms with Crippen molar-refractivity contribution >= 4 is 28.4 Å².